The second-order valence-electron chi connectivity index (χ2n) is 7.81. The Labute approximate surface area is 188 Å². The molecule has 0 aliphatic carbocycles. The first-order valence-corrected chi connectivity index (χ1v) is 10.7. The van der Waals surface area contributed by atoms with Crippen molar-refractivity contribution in [3.05, 3.63) is 95.3 Å². The van der Waals surface area contributed by atoms with Gasteiger partial charge in [0.25, 0.3) is 5.91 Å². The van der Waals surface area contributed by atoms with E-state index < -0.39 is 5.82 Å². The molecule has 0 radical (unpaired) electrons. The van der Waals surface area contributed by atoms with Crippen LogP contribution in [0.5, 0.6) is 11.5 Å². The number of carbonyl (C=O) groups is 1. The molecular weight excluding hydrogens is 407 g/mol. The lowest BCUT2D eigenvalue weighted by molar-refractivity contribution is 0.0624. The minimum atomic E-state index is -0.471. The molecule has 1 fully saturated rings. The first-order chi connectivity index (χ1) is 15.6. The molecule has 1 aliphatic rings. The lowest BCUT2D eigenvalue weighted by Gasteiger charge is -2.35. The lowest BCUT2D eigenvalue weighted by atomic mass is 10.1. The van der Waals surface area contributed by atoms with E-state index in [4.69, 9.17) is 9.47 Å². The summed E-state index contributed by atoms with van der Waals surface area (Å²) in [5.74, 6) is 0.692. The van der Waals surface area contributed by atoms with Crippen molar-refractivity contribution < 1.29 is 18.7 Å². The quantitative estimate of drug-likeness (QED) is 0.554. The van der Waals surface area contributed by atoms with Crippen molar-refractivity contribution in [2.75, 3.05) is 33.3 Å². The van der Waals surface area contributed by atoms with Crippen LogP contribution in [0.3, 0.4) is 0 Å². The average Bonchev–Trinajstić information content (AvgIpc) is 2.84. The molecule has 0 saturated carbocycles. The van der Waals surface area contributed by atoms with Gasteiger partial charge in [-0.2, -0.15) is 0 Å². The van der Waals surface area contributed by atoms with Crippen LogP contribution in [0.15, 0.2) is 72.8 Å². The molecule has 1 aliphatic heterocycles. The number of rotatable bonds is 7. The van der Waals surface area contributed by atoms with E-state index in [0.29, 0.717) is 31.2 Å². The van der Waals surface area contributed by atoms with Crippen molar-refractivity contribution in [2.24, 2.45) is 0 Å². The number of amides is 1. The third kappa shape index (κ3) is 5.26. The van der Waals surface area contributed by atoms with E-state index in [1.54, 1.807) is 30.2 Å². The van der Waals surface area contributed by atoms with E-state index in [1.807, 2.05) is 48.5 Å². The zero-order valence-corrected chi connectivity index (χ0v) is 18.2. The molecule has 1 heterocycles. The molecule has 0 aromatic heterocycles. The van der Waals surface area contributed by atoms with Crippen LogP contribution < -0.4 is 9.47 Å². The Hall–Kier alpha value is -3.38. The van der Waals surface area contributed by atoms with Crippen LogP contribution in [0.4, 0.5) is 4.39 Å². The van der Waals surface area contributed by atoms with Gasteiger partial charge >= 0.3 is 0 Å². The molecule has 6 heteroatoms. The summed E-state index contributed by atoms with van der Waals surface area (Å²) in [6.07, 6.45) is 0. The highest BCUT2D eigenvalue weighted by molar-refractivity contribution is 5.94. The van der Waals surface area contributed by atoms with Crippen molar-refractivity contribution in [1.29, 1.82) is 0 Å². The van der Waals surface area contributed by atoms with Crippen LogP contribution in [0.25, 0.3) is 0 Å². The van der Waals surface area contributed by atoms with Gasteiger partial charge in [-0.3, -0.25) is 9.69 Å². The van der Waals surface area contributed by atoms with Gasteiger partial charge in [0.1, 0.15) is 12.4 Å². The molecule has 3 aromatic carbocycles. The SMILES string of the molecule is COc1ccc(CN2CCN(C(=O)c3ccccc3F)CC2)cc1OCc1ccccc1. The molecule has 0 bridgehead atoms. The van der Waals surface area contributed by atoms with Crippen molar-refractivity contribution in [3.63, 3.8) is 0 Å². The fourth-order valence-corrected chi connectivity index (χ4v) is 3.84. The van der Waals surface area contributed by atoms with Gasteiger partial charge in [0, 0.05) is 32.7 Å². The van der Waals surface area contributed by atoms with E-state index in [-0.39, 0.29) is 11.5 Å². The van der Waals surface area contributed by atoms with E-state index in [2.05, 4.69) is 4.90 Å². The fourth-order valence-electron chi connectivity index (χ4n) is 3.84. The van der Waals surface area contributed by atoms with Gasteiger partial charge in [-0.15, -0.1) is 0 Å². The maximum Gasteiger partial charge on any atom is 0.256 e. The minimum absolute atomic E-state index is 0.135. The second kappa shape index (κ2) is 10.3. The van der Waals surface area contributed by atoms with Gasteiger partial charge in [-0.1, -0.05) is 48.5 Å². The molecule has 1 amide bonds. The molecule has 1 saturated heterocycles. The molecule has 32 heavy (non-hydrogen) atoms. The highest BCUT2D eigenvalue weighted by atomic mass is 19.1. The van der Waals surface area contributed by atoms with Gasteiger partial charge in [-0.05, 0) is 35.4 Å². The summed E-state index contributed by atoms with van der Waals surface area (Å²) in [4.78, 5) is 16.6. The molecule has 5 nitrogen and oxygen atoms in total. The standard InChI is InChI=1S/C26H27FN2O3/c1-31-24-12-11-21(17-25(24)32-19-20-7-3-2-4-8-20)18-28-13-15-29(16-14-28)26(30)22-9-5-6-10-23(22)27/h2-12,17H,13-16,18-19H2,1H3. The highest BCUT2D eigenvalue weighted by Gasteiger charge is 2.24. The van der Waals surface area contributed by atoms with Gasteiger partial charge in [0.05, 0.1) is 12.7 Å². The third-order valence-corrected chi connectivity index (χ3v) is 5.64. The summed E-state index contributed by atoms with van der Waals surface area (Å²) in [5.41, 5.74) is 2.34. The summed E-state index contributed by atoms with van der Waals surface area (Å²) in [6, 6.07) is 22.1. The smallest absolute Gasteiger partial charge is 0.256 e. The van der Waals surface area contributed by atoms with Crippen molar-refractivity contribution in [2.45, 2.75) is 13.2 Å². The number of methoxy groups -OCH3 is 1. The minimum Gasteiger partial charge on any atom is -0.493 e. The van der Waals surface area contributed by atoms with Gasteiger partial charge in [-0.25, -0.2) is 4.39 Å². The van der Waals surface area contributed by atoms with Crippen molar-refractivity contribution in [1.82, 2.24) is 9.80 Å². The van der Waals surface area contributed by atoms with E-state index in [9.17, 15) is 9.18 Å². The number of nitrogens with zero attached hydrogens (tertiary/aromatic N) is 2. The average molecular weight is 435 g/mol. The molecule has 0 unspecified atom stereocenters. The molecular formula is C26H27FN2O3. The summed E-state index contributed by atoms with van der Waals surface area (Å²) in [6.45, 7) is 3.81. The van der Waals surface area contributed by atoms with Gasteiger partial charge in [0.15, 0.2) is 11.5 Å². The maximum absolute atomic E-state index is 14.0. The number of hydrogen-bond acceptors (Lipinski definition) is 4. The molecule has 166 valence electrons. The Morgan fingerprint density at radius 1 is 0.875 bits per heavy atom. The van der Waals surface area contributed by atoms with Crippen LogP contribution in [0.2, 0.25) is 0 Å². The number of benzene rings is 3. The third-order valence-electron chi connectivity index (χ3n) is 5.64. The highest BCUT2D eigenvalue weighted by Crippen LogP contribution is 2.29. The number of hydrogen-bond donors (Lipinski definition) is 0. The van der Waals surface area contributed by atoms with Gasteiger partial charge < -0.3 is 14.4 Å². The van der Waals surface area contributed by atoms with E-state index >= 15 is 0 Å². The molecule has 3 aromatic rings. The Morgan fingerprint density at radius 3 is 2.31 bits per heavy atom. The predicted octanol–water partition coefficient (Wildman–Crippen LogP) is 4.37. The number of ether oxygens (including phenoxy) is 2. The predicted molar refractivity (Wildman–Crippen MR) is 121 cm³/mol. The molecule has 0 spiro atoms. The molecule has 0 atom stereocenters. The summed E-state index contributed by atoms with van der Waals surface area (Å²) in [5, 5.41) is 0. The number of piperazine rings is 1. The lowest BCUT2D eigenvalue weighted by Crippen LogP contribution is -2.48. The zero-order valence-electron chi connectivity index (χ0n) is 18.2. The van der Waals surface area contributed by atoms with Crippen LogP contribution in [0.1, 0.15) is 21.5 Å². The summed E-state index contributed by atoms with van der Waals surface area (Å²) in [7, 11) is 1.64. The fraction of sp³-hybridized carbons (Fsp3) is 0.269. The maximum atomic E-state index is 14.0. The normalized spacial score (nSPS) is 14.2. The zero-order chi connectivity index (χ0) is 22.3. The topological polar surface area (TPSA) is 42.0 Å². The summed E-state index contributed by atoms with van der Waals surface area (Å²) >= 11 is 0. The monoisotopic (exact) mass is 434 g/mol. The summed E-state index contributed by atoms with van der Waals surface area (Å²) < 4.78 is 25.4. The molecule has 4 rings (SSSR count). The number of carbonyl (C=O) groups excluding carboxylic acids is 1. The Bertz CT molecular complexity index is 1050. The second-order valence-corrected chi connectivity index (χ2v) is 7.81. The Morgan fingerprint density at radius 2 is 1.59 bits per heavy atom. The Balaban J connectivity index is 1.35. The van der Waals surface area contributed by atoms with Crippen LogP contribution >= 0.6 is 0 Å². The molecule has 0 N–H and O–H groups in total. The van der Waals surface area contributed by atoms with E-state index in [0.717, 1.165) is 30.8 Å². The van der Waals surface area contributed by atoms with Gasteiger partial charge in [0.2, 0.25) is 0 Å². The van der Waals surface area contributed by atoms with Crippen LogP contribution in [0, 0.1) is 5.82 Å². The first-order valence-electron chi connectivity index (χ1n) is 10.7. The van der Waals surface area contributed by atoms with Crippen molar-refractivity contribution >= 4 is 5.91 Å². The van der Waals surface area contributed by atoms with Crippen molar-refractivity contribution in [3.8, 4) is 11.5 Å². The van der Waals surface area contributed by atoms with Crippen LogP contribution in [-0.4, -0.2) is 49.0 Å². The van der Waals surface area contributed by atoms with Crippen LogP contribution in [-0.2, 0) is 13.2 Å². The first kappa shape index (κ1) is 21.8. The number of halogens is 1. The largest absolute Gasteiger partial charge is 0.493 e. The Kier molecular flexibility index (Phi) is 7.02. The van der Waals surface area contributed by atoms with E-state index in [1.165, 1.54) is 6.07 Å².